The van der Waals surface area contributed by atoms with Crippen LogP contribution in [0.4, 0.5) is 0 Å². The molecule has 0 aromatic carbocycles. The van der Waals surface area contributed by atoms with Gasteiger partial charge in [0.2, 0.25) is 0 Å². The minimum atomic E-state index is -0.221. The first kappa shape index (κ1) is 8.51. The fraction of sp³-hybridized carbons (Fsp3) is 0.800. The van der Waals surface area contributed by atoms with E-state index in [0.717, 1.165) is 6.29 Å². The van der Waals surface area contributed by atoms with Crippen molar-refractivity contribution in [3.05, 3.63) is 0 Å². The molecule has 0 aliphatic carbocycles. The van der Waals surface area contributed by atoms with Gasteiger partial charge in [0.1, 0.15) is 0 Å². The molecule has 0 rings (SSSR count). The van der Waals surface area contributed by atoms with Gasteiger partial charge in [-0.2, -0.15) is 0 Å². The first-order valence-corrected chi connectivity index (χ1v) is 3.55. The molecular weight excluding hydrogens is 183 g/mol. The van der Waals surface area contributed by atoms with Crippen molar-refractivity contribution in [2.24, 2.45) is 0 Å². The predicted molar refractivity (Wildman–Crippen MR) is 26.3 cm³/mol. The molecule has 0 aromatic heterocycles. The second-order valence-electron chi connectivity index (χ2n) is 1.97. The first-order valence-electron chi connectivity index (χ1n) is 2.32. The van der Waals surface area contributed by atoms with Crippen molar-refractivity contribution in [2.75, 3.05) is 13.7 Å². The summed E-state index contributed by atoms with van der Waals surface area (Å²) in [6.07, 6.45) is 0.939. The van der Waals surface area contributed by atoms with Crippen LogP contribution < -0.4 is 0 Å². The van der Waals surface area contributed by atoms with Crippen LogP contribution in [0.1, 0.15) is 6.92 Å². The first-order chi connectivity index (χ1) is 3.62. The van der Waals surface area contributed by atoms with Crippen LogP contribution in [0, 0.1) is 0 Å². The molecule has 0 bridgehead atoms. The fourth-order valence-electron chi connectivity index (χ4n) is 0.334. The third-order valence-electron chi connectivity index (χ3n) is 0.704. The van der Waals surface area contributed by atoms with Crippen LogP contribution in [0.2, 0.25) is 3.12 Å². The summed E-state index contributed by atoms with van der Waals surface area (Å²) < 4.78 is 4.57. The van der Waals surface area contributed by atoms with E-state index >= 15 is 0 Å². The van der Waals surface area contributed by atoms with E-state index in [1.54, 1.807) is 7.11 Å². The van der Waals surface area contributed by atoms with Crippen molar-refractivity contribution in [3.8, 4) is 0 Å². The normalized spacial score (nSPS) is 17.1. The summed E-state index contributed by atoms with van der Waals surface area (Å²) in [6.45, 7) is 2.41. The summed E-state index contributed by atoms with van der Waals surface area (Å²) in [7, 11) is 1.60. The molecule has 0 saturated carbocycles. The van der Waals surface area contributed by atoms with Crippen LogP contribution in [0.15, 0.2) is 0 Å². The molecule has 0 N–H and O–H groups in total. The summed E-state index contributed by atoms with van der Waals surface area (Å²) in [4.78, 5) is 10.2. The van der Waals surface area contributed by atoms with Gasteiger partial charge in [0, 0.05) is 0 Å². The molecule has 0 saturated heterocycles. The SMILES string of the molecule is COC[C](C)([Zr])C=O. The van der Waals surface area contributed by atoms with E-state index in [1.807, 2.05) is 6.92 Å². The Morgan fingerprint density at radius 3 is 2.50 bits per heavy atom. The summed E-state index contributed by atoms with van der Waals surface area (Å²) >= 11 is 1.21. The van der Waals surface area contributed by atoms with Crippen LogP contribution in [0.5, 0.6) is 0 Å². The van der Waals surface area contributed by atoms with Crippen molar-refractivity contribution in [1.82, 2.24) is 0 Å². The Bertz CT molecular complexity index is 80.5. The van der Waals surface area contributed by atoms with Gasteiger partial charge >= 0.3 is 64.3 Å². The minimum absolute atomic E-state index is 0.221. The van der Waals surface area contributed by atoms with Crippen LogP contribution in [0.25, 0.3) is 0 Å². The molecule has 0 amide bonds. The van der Waals surface area contributed by atoms with Crippen LogP contribution in [0.3, 0.4) is 0 Å². The number of carbonyl (C=O) groups is 1. The molecular formula is C5H9O2Zr. The zero-order valence-corrected chi connectivity index (χ0v) is 7.56. The van der Waals surface area contributed by atoms with E-state index in [1.165, 1.54) is 24.7 Å². The monoisotopic (exact) mass is 191 g/mol. The topological polar surface area (TPSA) is 26.3 Å². The summed E-state index contributed by atoms with van der Waals surface area (Å²) in [6, 6.07) is 0. The molecule has 1 atom stereocenters. The zero-order chi connectivity index (χ0) is 6.62. The molecule has 1 unspecified atom stereocenters. The summed E-state index contributed by atoms with van der Waals surface area (Å²) in [5, 5.41) is 0. The average molecular weight is 192 g/mol. The van der Waals surface area contributed by atoms with Gasteiger partial charge in [-0.1, -0.05) is 0 Å². The Hall–Kier alpha value is 0.513. The van der Waals surface area contributed by atoms with E-state index < -0.39 is 0 Å². The Balaban J connectivity index is 3.53. The van der Waals surface area contributed by atoms with E-state index in [2.05, 4.69) is 0 Å². The summed E-state index contributed by atoms with van der Waals surface area (Å²) in [5.41, 5.74) is 0. The van der Waals surface area contributed by atoms with Crippen LogP contribution in [-0.2, 0) is 34.3 Å². The maximum atomic E-state index is 10.2. The van der Waals surface area contributed by atoms with E-state index in [9.17, 15) is 4.79 Å². The molecule has 8 heavy (non-hydrogen) atoms. The van der Waals surface area contributed by atoms with Crippen LogP contribution in [-0.4, -0.2) is 20.0 Å². The third kappa shape index (κ3) is 3.51. The van der Waals surface area contributed by atoms with Crippen molar-refractivity contribution in [3.63, 3.8) is 0 Å². The zero-order valence-electron chi connectivity index (χ0n) is 5.10. The van der Waals surface area contributed by atoms with Gasteiger partial charge in [-0.25, -0.2) is 0 Å². The second-order valence-corrected chi connectivity index (χ2v) is 4.78. The van der Waals surface area contributed by atoms with Crippen molar-refractivity contribution in [2.45, 2.75) is 10.0 Å². The summed E-state index contributed by atoms with van der Waals surface area (Å²) in [5.74, 6) is 0. The molecule has 0 aliphatic heterocycles. The Labute approximate surface area is 64.4 Å². The molecule has 0 heterocycles. The van der Waals surface area contributed by atoms with Crippen molar-refractivity contribution >= 4 is 6.29 Å². The van der Waals surface area contributed by atoms with Gasteiger partial charge < -0.3 is 0 Å². The Morgan fingerprint density at radius 2 is 2.38 bits per heavy atom. The quantitative estimate of drug-likeness (QED) is 0.611. The number of hydrogen-bond acceptors (Lipinski definition) is 2. The molecule has 0 aromatic rings. The Morgan fingerprint density at radius 1 is 1.88 bits per heavy atom. The van der Waals surface area contributed by atoms with Gasteiger partial charge in [0.05, 0.1) is 0 Å². The fourth-order valence-corrected chi connectivity index (χ4v) is 0.689. The van der Waals surface area contributed by atoms with Gasteiger partial charge in [0.25, 0.3) is 0 Å². The van der Waals surface area contributed by atoms with Gasteiger partial charge in [-0.3, -0.25) is 0 Å². The van der Waals surface area contributed by atoms with E-state index in [-0.39, 0.29) is 3.12 Å². The maximum absolute atomic E-state index is 10.2. The van der Waals surface area contributed by atoms with E-state index in [0.29, 0.717) is 6.61 Å². The Kier molecular flexibility index (Phi) is 3.75. The van der Waals surface area contributed by atoms with Crippen molar-refractivity contribution in [1.29, 1.82) is 0 Å². The molecule has 3 heteroatoms. The van der Waals surface area contributed by atoms with Gasteiger partial charge in [-0.05, 0) is 0 Å². The number of hydrogen-bond donors (Lipinski definition) is 0. The molecule has 45 valence electrons. The standard InChI is InChI=1S/C5H9O2.Zr/c1-5(3-6)4-7-2;/h3H,4H2,1-2H3;. The van der Waals surface area contributed by atoms with Gasteiger partial charge in [0.15, 0.2) is 0 Å². The molecule has 0 fully saturated rings. The van der Waals surface area contributed by atoms with E-state index in [4.69, 9.17) is 4.74 Å². The number of carbonyl (C=O) groups excluding carboxylic acids is 1. The third-order valence-corrected chi connectivity index (χ3v) is 1.35. The second kappa shape index (κ2) is 3.52. The number of aldehydes is 1. The molecule has 0 radical (unpaired) electrons. The van der Waals surface area contributed by atoms with Gasteiger partial charge in [-0.15, -0.1) is 0 Å². The van der Waals surface area contributed by atoms with Crippen molar-refractivity contribution < 1.29 is 34.3 Å². The predicted octanol–water partition coefficient (Wildman–Crippen LogP) is 0.557. The molecule has 0 aliphatic rings. The number of ether oxygens (including phenoxy) is 1. The molecule has 0 spiro atoms. The molecule has 2 nitrogen and oxygen atoms in total. The van der Waals surface area contributed by atoms with Crippen LogP contribution >= 0.6 is 0 Å². The number of methoxy groups -OCH3 is 1. The number of rotatable bonds is 3. The average Bonchev–Trinajstić information content (AvgIpc) is 1.67.